The number of rotatable bonds is 5. The fourth-order valence-corrected chi connectivity index (χ4v) is 3.55. The number of nitrogens with zero attached hydrogens (tertiary/aromatic N) is 1. The van der Waals surface area contributed by atoms with E-state index in [4.69, 9.17) is 9.47 Å². The summed E-state index contributed by atoms with van der Waals surface area (Å²) >= 11 is 0. The molecule has 2 atom stereocenters. The van der Waals surface area contributed by atoms with E-state index in [-0.39, 0.29) is 11.9 Å². The van der Waals surface area contributed by atoms with Crippen LogP contribution in [0, 0.1) is 0 Å². The fraction of sp³-hybridized carbons (Fsp3) is 0.381. The largest absolute Gasteiger partial charge is 0.480 e. The number of morpholine rings is 1. The summed E-state index contributed by atoms with van der Waals surface area (Å²) < 4.78 is 11.3. The van der Waals surface area contributed by atoms with Gasteiger partial charge in [-0.3, -0.25) is 9.69 Å². The number of ether oxygens (including phenoxy) is 2. The minimum absolute atomic E-state index is 0.0525. The third kappa shape index (κ3) is 3.89. The molecule has 0 bridgehead atoms. The quantitative estimate of drug-likeness (QED) is 0.896. The predicted molar refractivity (Wildman–Crippen MR) is 99.1 cm³/mol. The molecule has 1 amide bonds. The lowest BCUT2D eigenvalue weighted by Gasteiger charge is -2.31. The molecule has 1 N–H and O–H groups in total. The maximum absolute atomic E-state index is 12.9. The first-order valence-corrected chi connectivity index (χ1v) is 9.19. The Labute approximate surface area is 153 Å². The molecule has 2 unspecified atom stereocenters. The second-order valence-corrected chi connectivity index (χ2v) is 6.80. The molecular weight excluding hydrogens is 328 g/mol. The molecular formula is C21H24N2O3. The van der Waals surface area contributed by atoms with Crippen LogP contribution in [-0.4, -0.2) is 49.8 Å². The Balaban J connectivity index is 1.45. The normalized spacial score (nSPS) is 20.8. The lowest BCUT2D eigenvalue weighted by molar-refractivity contribution is -0.128. The van der Waals surface area contributed by atoms with Gasteiger partial charge in [-0.15, -0.1) is 0 Å². The number of carbonyl (C=O) groups is 1. The summed E-state index contributed by atoms with van der Waals surface area (Å²) in [6, 6.07) is 17.9. The van der Waals surface area contributed by atoms with Crippen molar-refractivity contribution in [2.24, 2.45) is 0 Å². The zero-order chi connectivity index (χ0) is 17.8. The number of hydrogen-bond donors (Lipinski definition) is 1. The first kappa shape index (κ1) is 17.1. The Morgan fingerprint density at radius 2 is 1.81 bits per heavy atom. The predicted octanol–water partition coefficient (Wildman–Crippen LogP) is 2.18. The van der Waals surface area contributed by atoms with E-state index in [1.807, 2.05) is 42.5 Å². The number of benzene rings is 2. The maximum Gasteiger partial charge on any atom is 0.261 e. The molecule has 26 heavy (non-hydrogen) atoms. The van der Waals surface area contributed by atoms with E-state index < -0.39 is 6.10 Å². The van der Waals surface area contributed by atoms with Gasteiger partial charge in [0.25, 0.3) is 5.91 Å². The summed E-state index contributed by atoms with van der Waals surface area (Å²) in [6.45, 7) is 4.06. The van der Waals surface area contributed by atoms with Crippen LogP contribution in [0.5, 0.6) is 5.75 Å². The molecule has 0 aromatic heterocycles. The van der Waals surface area contributed by atoms with Gasteiger partial charge in [0, 0.05) is 26.1 Å². The second-order valence-electron chi connectivity index (χ2n) is 6.80. The maximum atomic E-state index is 12.9. The summed E-state index contributed by atoms with van der Waals surface area (Å²) in [5.74, 6) is 0.764. The van der Waals surface area contributed by atoms with Crippen molar-refractivity contribution in [2.75, 3.05) is 32.8 Å². The van der Waals surface area contributed by atoms with Crippen molar-refractivity contribution in [3.8, 4) is 5.75 Å². The molecule has 0 radical (unpaired) electrons. The fourth-order valence-electron chi connectivity index (χ4n) is 3.55. The minimum Gasteiger partial charge on any atom is -0.480 e. The van der Waals surface area contributed by atoms with Gasteiger partial charge in [-0.2, -0.15) is 0 Å². The van der Waals surface area contributed by atoms with Gasteiger partial charge in [-0.05, 0) is 17.2 Å². The first-order chi connectivity index (χ1) is 12.8. The molecule has 1 fully saturated rings. The molecule has 0 aliphatic carbocycles. The minimum atomic E-state index is -0.455. The van der Waals surface area contributed by atoms with Crippen LogP contribution in [0.4, 0.5) is 0 Å². The Bertz CT molecular complexity index is 719. The molecule has 1 saturated heterocycles. The topological polar surface area (TPSA) is 50.8 Å². The monoisotopic (exact) mass is 352 g/mol. The lowest BCUT2D eigenvalue weighted by atomic mass is 10.0. The molecule has 2 heterocycles. The van der Waals surface area contributed by atoms with E-state index in [1.54, 1.807) is 0 Å². The van der Waals surface area contributed by atoms with Crippen molar-refractivity contribution in [2.45, 2.75) is 18.6 Å². The average Bonchev–Trinajstić information content (AvgIpc) is 3.13. The SMILES string of the molecule is O=C(NC(CN1CCOCC1)c1ccccc1)C1Cc2ccccc2O1. The van der Waals surface area contributed by atoms with Crippen LogP contribution < -0.4 is 10.1 Å². The van der Waals surface area contributed by atoms with Crippen molar-refractivity contribution < 1.29 is 14.3 Å². The van der Waals surface area contributed by atoms with Crippen molar-refractivity contribution in [3.05, 3.63) is 65.7 Å². The van der Waals surface area contributed by atoms with Crippen molar-refractivity contribution in [1.82, 2.24) is 10.2 Å². The van der Waals surface area contributed by atoms with Crippen LogP contribution in [0.3, 0.4) is 0 Å². The van der Waals surface area contributed by atoms with E-state index in [2.05, 4.69) is 22.3 Å². The average molecular weight is 352 g/mol. The number of para-hydroxylation sites is 1. The van der Waals surface area contributed by atoms with Gasteiger partial charge in [-0.1, -0.05) is 48.5 Å². The van der Waals surface area contributed by atoms with Gasteiger partial charge in [0.15, 0.2) is 6.10 Å². The van der Waals surface area contributed by atoms with E-state index in [0.717, 1.165) is 49.7 Å². The van der Waals surface area contributed by atoms with Crippen LogP contribution >= 0.6 is 0 Å². The van der Waals surface area contributed by atoms with Crippen molar-refractivity contribution in [1.29, 1.82) is 0 Å². The zero-order valence-corrected chi connectivity index (χ0v) is 14.8. The van der Waals surface area contributed by atoms with Crippen LogP contribution in [0.2, 0.25) is 0 Å². The second kappa shape index (κ2) is 7.89. The molecule has 0 saturated carbocycles. The number of nitrogens with one attached hydrogen (secondary N) is 1. The van der Waals surface area contributed by atoms with Gasteiger partial charge >= 0.3 is 0 Å². The van der Waals surface area contributed by atoms with E-state index in [1.165, 1.54) is 0 Å². The van der Waals surface area contributed by atoms with Gasteiger partial charge < -0.3 is 14.8 Å². The van der Waals surface area contributed by atoms with Crippen molar-refractivity contribution in [3.63, 3.8) is 0 Å². The van der Waals surface area contributed by atoms with Crippen LogP contribution in [0.15, 0.2) is 54.6 Å². The van der Waals surface area contributed by atoms with Crippen LogP contribution in [0.1, 0.15) is 17.2 Å². The van der Waals surface area contributed by atoms with Gasteiger partial charge in [0.1, 0.15) is 5.75 Å². The van der Waals surface area contributed by atoms with Crippen LogP contribution in [-0.2, 0) is 16.0 Å². The molecule has 2 aliphatic rings. The number of amides is 1. The highest BCUT2D eigenvalue weighted by Crippen LogP contribution is 2.28. The molecule has 0 spiro atoms. The number of hydrogen-bond acceptors (Lipinski definition) is 4. The van der Waals surface area contributed by atoms with Gasteiger partial charge in [0.2, 0.25) is 0 Å². The van der Waals surface area contributed by atoms with E-state index in [0.29, 0.717) is 6.42 Å². The van der Waals surface area contributed by atoms with Crippen LogP contribution in [0.25, 0.3) is 0 Å². The van der Waals surface area contributed by atoms with Gasteiger partial charge in [-0.25, -0.2) is 0 Å². The Morgan fingerprint density at radius 3 is 2.58 bits per heavy atom. The smallest absolute Gasteiger partial charge is 0.261 e. The highest BCUT2D eigenvalue weighted by molar-refractivity contribution is 5.83. The lowest BCUT2D eigenvalue weighted by Crippen LogP contribution is -2.46. The van der Waals surface area contributed by atoms with E-state index >= 15 is 0 Å². The first-order valence-electron chi connectivity index (χ1n) is 9.19. The summed E-state index contributed by atoms with van der Waals surface area (Å²) in [6.07, 6.45) is 0.171. The van der Waals surface area contributed by atoms with Crippen molar-refractivity contribution >= 4 is 5.91 Å². The summed E-state index contributed by atoms with van der Waals surface area (Å²) in [5, 5.41) is 3.21. The van der Waals surface area contributed by atoms with E-state index in [9.17, 15) is 4.79 Å². The molecule has 2 aliphatic heterocycles. The van der Waals surface area contributed by atoms with Gasteiger partial charge in [0.05, 0.1) is 19.3 Å². The summed E-state index contributed by atoms with van der Waals surface area (Å²) in [7, 11) is 0. The Hall–Kier alpha value is -2.37. The number of fused-ring (bicyclic) bond motifs is 1. The molecule has 5 heteroatoms. The molecule has 2 aromatic carbocycles. The number of carbonyl (C=O) groups excluding carboxylic acids is 1. The summed E-state index contributed by atoms with van der Waals surface area (Å²) in [5.41, 5.74) is 2.21. The third-order valence-corrected chi connectivity index (χ3v) is 5.00. The highest BCUT2D eigenvalue weighted by atomic mass is 16.5. The highest BCUT2D eigenvalue weighted by Gasteiger charge is 2.31. The molecule has 136 valence electrons. The molecule has 4 rings (SSSR count). The molecule has 5 nitrogen and oxygen atoms in total. The Kier molecular flexibility index (Phi) is 5.18. The zero-order valence-electron chi connectivity index (χ0n) is 14.8. The third-order valence-electron chi connectivity index (χ3n) is 5.00. The Morgan fingerprint density at radius 1 is 1.08 bits per heavy atom. The summed E-state index contributed by atoms with van der Waals surface area (Å²) in [4.78, 5) is 15.2. The molecule has 2 aromatic rings. The standard InChI is InChI=1S/C21H24N2O3/c24-21(20-14-17-8-4-5-9-19(17)26-20)22-18(16-6-2-1-3-7-16)15-23-10-12-25-13-11-23/h1-9,18,20H,10-15H2,(H,22,24).